The maximum Gasteiger partial charge on any atom is 0.0465 e. The monoisotopic (exact) mass is 301 g/mol. The van der Waals surface area contributed by atoms with Crippen LogP contribution in [-0.4, -0.2) is 4.98 Å². The van der Waals surface area contributed by atoms with Gasteiger partial charge in [-0.3, -0.25) is 0 Å². The zero-order valence-corrected chi connectivity index (χ0v) is 14.1. The smallest absolute Gasteiger partial charge is 0.0465 e. The Kier molecular flexibility index (Phi) is 3.73. The van der Waals surface area contributed by atoms with Crippen molar-refractivity contribution in [1.82, 2.24) is 4.98 Å². The van der Waals surface area contributed by atoms with Crippen LogP contribution in [0.15, 0.2) is 55.6 Å². The molecule has 0 atom stereocenters. The predicted molar refractivity (Wildman–Crippen MR) is 102 cm³/mol. The van der Waals surface area contributed by atoms with Crippen molar-refractivity contribution in [3.63, 3.8) is 0 Å². The molecule has 1 nitrogen and oxygen atoms in total. The van der Waals surface area contributed by atoms with E-state index in [1.807, 2.05) is 12.2 Å². The van der Waals surface area contributed by atoms with Crippen LogP contribution >= 0.6 is 0 Å². The molecule has 0 fully saturated rings. The molecule has 3 rings (SSSR count). The van der Waals surface area contributed by atoms with Crippen molar-refractivity contribution in [2.24, 2.45) is 0 Å². The molecular weight excluding hydrogens is 278 g/mol. The minimum absolute atomic E-state index is 0.0520. The average Bonchev–Trinajstić information content (AvgIpc) is 2.91. The minimum Gasteiger partial charge on any atom is -0.355 e. The van der Waals surface area contributed by atoms with Crippen molar-refractivity contribution in [3.8, 4) is 0 Å². The number of aryl methyl sites for hydroxylation is 1. The summed E-state index contributed by atoms with van der Waals surface area (Å²) in [5.74, 6) is 0. The zero-order valence-electron chi connectivity index (χ0n) is 14.1. The second-order valence-corrected chi connectivity index (χ2v) is 6.56. The maximum absolute atomic E-state index is 3.96. The molecule has 0 aliphatic carbocycles. The Labute approximate surface area is 138 Å². The number of H-pyrrole nitrogens is 1. The lowest BCUT2D eigenvalue weighted by molar-refractivity contribution is 0.637. The van der Waals surface area contributed by atoms with Crippen LogP contribution in [0.1, 0.15) is 41.8 Å². The van der Waals surface area contributed by atoms with Crippen molar-refractivity contribution < 1.29 is 0 Å². The highest BCUT2D eigenvalue weighted by molar-refractivity contribution is 5.93. The fraction of sp³-hybridized carbons (Fsp3) is 0.182. The van der Waals surface area contributed by atoms with Gasteiger partial charge in [0.2, 0.25) is 0 Å². The Balaban J connectivity index is 2.22. The van der Waals surface area contributed by atoms with E-state index in [0.29, 0.717) is 0 Å². The van der Waals surface area contributed by atoms with Crippen molar-refractivity contribution in [1.29, 1.82) is 0 Å². The van der Waals surface area contributed by atoms with Crippen molar-refractivity contribution in [2.45, 2.75) is 26.2 Å². The van der Waals surface area contributed by atoms with Gasteiger partial charge >= 0.3 is 0 Å². The molecule has 0 amide bonds. The summed E-state index contributed by atoms with van der Waals surface area (Å²) in [6.45, 7) is 14.6. The highest BCUT2D eigenvalue weighted by Gasteiger charge is 2.25. The summed E-state index contributed by atoms with van der Waals surface area (Å²) < 4.78 is 0. The molecule has 2 aromatic carbocycles. The van der Waals surface area contributed by atoms with E-state index in [-0.39, 0.29) is 5.41 Å². The summed E-state index contributed by atoms with van der Waals surface area (Å²) >= 11 is 0. The molecule has 0 radical (unpaired) electrons. The van der Waals surface area contributed by atoms with Gasteiger partial charge in [0.15, 0.2) is 0 Å². The maximum atomic E-state index is 3.96. The van der Waals surface area contributed by atoms with Crippen LogP contribution in [0.25, 0.3) is 23.1 Å². The molecule has 0 saturated heterocycles. The third kappa shape index (κ3) is 2.43. The second kappa shape index (κ2) is 5.58. The molecular formula is C22H23N. The van der Waals surface area contributed by atoms with E-state index in [4.69, 9.17) is 0 Å². The quantitative estimate of drug-likeness (QED) is 0.600. The Morgan fingerprint density at radius 3 is 2.39 bits per heavy atom. The number of aromatic amines is 1. The molecule has 23 heavy (non-hydrogen) atoms. The first-order valence-corrected chi connectivity index (χ1v) is 7.96. The first-order chi connectivity index (χ1) is 11.0. The third-order valence-corrected chi connectivity index (χ3v) is 4.82. The van der Waals surface area contributed by atoms with E-state index in [1.54, 1.807) is 0 Å². The Hall–Kier alpha value is -2.54. The number of hydrogen-bond donors (Lipinski definition) is 1. The largest absolute Gasteiger partial charge is 0.355 e. The van der Waals surface area contributed by atoms with Crippen LogP contribution in [0.5, 0.6) is 0 Å². The van der Waals surface area contributed by atoms with Gasteiger partial charge in [-0.2, -0.15) is 0 Å². The summed E-state index contributed by atoms with van der Waals surface area (Å²) in [5.41, 5.74) is 7.21. The van der Waals surface area contributed by atoms with Gasteiger partial charge in [0.05, 0.1) is 0 Å². The van der Waals surface area contributed by atoms with Crippen LogP contribution in [0.3, 0.4) is 0 Å². The number of hydrogen-bond acceptors (Lipinski definition) is 0. The number of aromatic nitrogens is 1. The number of benzene rings is 2. The lowest BCUT2D eigenvalue weighted by Crippen LogP contribution is -2.20. The van der Waals surface area contributed by atoms with E-state index < -0.39 is 0 Å². The average molecular weight is 301 g/mol. The van der Waals surface area contributed by atoms with Gasteiger partial charge in [0.25, 0.3) is 0 Å². The molecule has 0 aliphatic heterocycles. The summed E-state index contributed by atoms with van der Waals surface area (Å²) in [7, 11) is 0. The van der Waals surface area contributed by atoms with Gasteiger partial charge in [-0.05, 0) is 41.8 Å². The van der Waals surface area contributed by atoms with Crippen LogP contribution in [0, 0.1) is 6.92 Å². The lowest BCUT2D eigenvalue weighted by atomic mass is 9.76. The number of fused-ring (bicyclic) bond motifs is 1. The molecule has 0 spiro atoms. The number of nitrogens with one attached hydrogen (secondary N) is 1. The van der Waals surface area contributed by atoms with Gasteiger partial charge in [-0.1, -0.05) is 63.4 Å². The standard InChI is InChI=1S/C22H23N/c1-6-17-18-14-16(12-13-21(18)23-20(17)7-2)22(4,5)19-11-9-8-10-15(19)3/h6-14,23H,1-2H2,3-5H3. The predicted octanol–water partition coefficient (Wildman–Crippen LogP) is 6.09. The lowest BCUT2D eigenvalue weighted by Gasteiger charge is -2.28. The van der Waals surface area contributed by atoms with Crippen LogP contribution < -0.4 is 0 Å². The van der Waals surface area contributed by atoms with E-state index >= 15 is 0 Å². The molecule has 3 aromatic rings. The molecule has 0 saturated carbocycles. The molecule has 0 bridgehead atoms. The van der Waals surface area contributed by atoms with Crippen molar-refractivity contribution in [2.75, 3.05) is 0 Å². The van der Waals surface area contributed by atoms with Crippen LogP contribution in [0.4, 0.5) is 0 Å². The summed E-state index contributed by atoms with van der Waals surface area (Å²) in [5, 5.41) is 1.20. The highest BCUT2D eigenvalue weighted by Crippen LogP contribution is 2.36. The summed E-state index contributed by atoms with van der Waals surface area (Å²) in [4.78, 5) is 3.41. The normalized spacial score (nSPS) is 11.6. The highest BCUT2D eigenvalue weighted by atomic mass is 14.7. The SMILES string of the molecule is C=Cc1[nH]c2ccc(C(C)(C)c3ccccc3C)cc2c1C=C. The van der Waals surface area contributed by atoms with Gasteiger partial charge in [0, 0.05) is 27.6 Å². The van der Waals surface area contributed by atoms with Crippen molar-refractivity contribution >= 4 is 23.1 Å². The molecule has 1 aromatic heterocycles. The van der Waals surface area contributed by atoms with Gasteiger partial charge in [-0.25, -0.2) is 0 Å². The molecule has 1 heterocycles. The van der Waals surface area contributed by atoms with E-state index in [1.165, 1.54) is 22.1 Å². The molecule has 1 N–H and O–H groups in total. The molecule has 0 aliphatic rings. The first-order valence-electron chi connectivity index (χ1n) is 7.96. The first kappa shape index (κ1) is 15.4. The van der Waals surface area contributed by atoms with Gasteiger partial charge < -0.3 is 4.98 Å². The minimum atomic E-state index is -0.0520. The second-order valence-electron chi connectivity index (χ2n) is 6.56. The van der Waals surface area contributed by atoms with E-state index in [9.17, 15) is 0 Å². The fourth-order valence-corrected chi connectivity index (χ4v) is 3.43. The number of rotatable bonds is 4. The Morgan fingerprint density at radius 1 is 1.00 bits per heavy atom. The van der Waals surface area contributed by atoms with Crippen LogP contribution in [-0.2, 0) is 5.41 Å². The Morgan fingerprint density at radius 2 is 1.74 bits per heavy atom. The van der Waals surface area contributed by atoms with E-state index in [2.05, 4.69) is 81.4 Å². The third-order valence-electron chi connectivity index (χ3n) is 4.82. The van der Waals surface area contributed by atoms with Gasteiger partial charge in [0.1, 0.15) is 0 Å². The topological polar surface area (TPSA) is 15.8 Å². The molecule has 0 unspecified atom stereocenters. The molecule has 1 heteroatoms. The Bertz CT molecular complexity index is 893. The van der Waals surface area contributed by atoms with Crippen molar-refractivity contribution in [3.05, 3.63) is 83.6 Å². The van der Waals surface area contributed by atoms with Gasteiger partial charge in [-0.15, -0.1) is 0 Å². The zero-order chi connectivity index (χ0) is 16.6. The summed E-state index contributed by atoms with van der Waals surface area (Å²) in [6.07, 6.45) is 3.75. The van der Waals surface area contributed by atoms with E-state index in [0.717, 1.165) is 16.8 Å². The molecule has 116 valence electrons. The fourth-order valence-electron chi connectivity index (χ4n) is 3.43. The summed E-state index contributed by atoms with van der Waals surface area (Å²) in [6, 6.07) is 15.3. The van der Waals surface area contributed by atoms with Crippen LogP contribution in [0.2, 0.25) is 0 Å².